The van der Waals surface area contributed by atoms with Crippen molar-refractivity contribution in [1.29, 1.82) is 0 Å². The van der Waals surface area contributed by atoms with Crippen LogP contribution in [-0.4, -0.2) is 51.0 Å². The molecule has 1 saturated heterocycles. The zero-order valence-electron chi connectivity index (χ0n) is 12.4. The molecular weight excluding hydrogens is 309 g/mol. The lowest BCUT2D eigenvalue weighted by Crippen LogP contribution is -2.50. The first-order valence-corrected chi connectivity index (χ1v) is 8.56. The Morgan fingerprint density at radius 2 is 2.23 bits per heavy atom. The number of amidine groups is 1. The predicted molar refractivity (Wildman–Crippen MR) is 81.1 cm³/mol. The summed E-state index contributed by atoms with van der Waals surface area (Å²) in [4.78, 5) is 1.71. The third kappa shape index (κ3) is 2.86. The van der Waals surface area contributed by atoms with E-state index < -0.39 is 15.8 Å². The Labute approximate surface area is 129 Å². The number of benzene rings is 1. The third-order valence-electron chi connectivity index (χ3n) is 3.82. The highest BCUT2D eigenvalue weighted by atomic mass is 32.2. The van der Waals surface area contributed by atoms with Crippen LogP contribution in [-0.2, 0) is 14.8 Å². The standard InChI is InChI=1S/C14H18FN3O3S/c1-9-8-21-10(2)6-18(9)7-13-16-12-5-3-4-11(15)14(12)22(19,20)17-13/h3-5,9-10H,6-8H2,1-2H3,(H,16,17). The van der Waals surface area contributed by atoms with Gasteiger partial charge in [-0.3, -0.25) is 4.90 Å². The molecule has 2 unspecified atom stereocenters. The highest BCUT2D eigenvalue weighted by Crippen LogP contribution is 2.29. The van der Waals surface area contributed by atoms with E-state index >= 15 is 0 Å². The Hall–Kier alpha value is -1.51. The average molecular weight is 327 g/mol. The van der Waals surface area contributed by atoms with Crippen molar-refractivity contribution in [2.45, 2.75) is 30.9 Å². The zero-order chi connectivity index (χ0) is 15.9. The number of halogens is 1. The summed E-state index contributed by atoms with van der Waals surface area (Å²) < 4.78 is 47.4. The molecule has 0 bridgehead atoms. The average Bonchev–Trinajstić information content (AvgIpc) is 2.41. The Morgan fingerprint density at radius 3 is 3.00 bits per heavy atom. The van der Waals surface area contributed by atoms with Gasteiger partial charge in [0.25, 0.3) is 10.0 Å². The van der Waals surface area contributed by atoms with E-state index in [0.717, 1.165) is 6.07 Å². The van der Waals surface area contributed by atoms with E-state index in [1.807, 2.05) is 13.8 Å². The lowest BCUT2D eigenvalue weighted by atomic mass is 10.2. The number of nitrogens with one attached hydrogen (secondary N) is 1. The number of ether oxygens (including phenoxy) is 1. The minimum Gasteiger partial charge on any atom is -0.376 e. The predicted octanol–water partition coefficient (Wildman–Crippen LogP) is 1.45. The summed E-state index contributed by atoms with van der Waals surface area (Å²) in [6.45, 7) is 5.61. The number of anilines is 1. The molecule has 0 saturated carbocycles. The van der Waals surface area contributed by atoms with Gasteiger partial charge in [-0.15, -0.1) is 4.40 Å². The molecule has 2 heterocycles. The topological polar surface area (TPSA) is 71.0 Å². The van der Waals surface area contributed by atoms with Gasteiger partial charge in [-0.05, 0) is 26.0 Å². The molecule has 3 rings (SSSR count). The fourth-order valence-electron chi connectivity index (χ4n) is 2.69. The molecule has 120 valence electrons. The van der Waals surface area contributed by atoms with Gasteiger partial charge >= 0.3 is 0 Å². The summed E-state index contributed by atoms with van der Waals surface area (Å²) >= 11 is 0. The number of rotatable bonds is 2. The van der Waals surface area contributed by atoms with E-state index in [1.54, 1.807) is 0 Å². The van der Waals surface area contributed by atoms with Crippen molar-refractivity contribution >= 4 is 21.5 Å². The van der Waals surface area contributed by atoms with Crippen molar-refractivity contribution in [3.63, 3.8) is 0 Å². The van der Waals surface area contributed by atoms with Gasteiger partial charge in [0.15, 0.2) is 0 Å². The molecule has 22 heavy (non-hydrogen) atoms. The first-order chi connectivity index (χ1) is 10.4. The van der Waals surface area contributed by atoms with Crippen LogP contribution in [0.15, 0.2) is 27.5 Å². The van der Waals surface area contributed by atoms with Crippen molar-refractivity contribution in [2.75, 3.05) is 25.0 Å². The molecule has 6 nitrogen and oxygen atoms in total. The molecule has 0 amide bonds. The Kier molecular flexibility index (Phi) is 3.92. The summed E-state index contributed by atoms with van der Waals surface area (Å²) in [5, 5.41) is 2.92. The molecule has 1 N–H and O–H groups in total. The first-order valence-electron chi connectivity index (χ1n) is 7.12. The maximum absolute atomic E-state index is 13.8. The van der Waals surface area contributed by atoms with Gasteiger partial charge in [-0.2, -0.15) is 8.42 Å². The van der Waals surface area contributed by atoms with Gasteiger partial charge in [-0.1, -0.05) is 6.07 Å². The van der Waals surface area contributed by atoms with Crippen LogP contribution in [0.4, 0.5) is 10.1 Å². The summed E-state index contributed by atoms with van der Waals surface area (Å²) in [5.74, 6) is -0.486. The molecule has 1 fully saturated rings. The normalized spacial score (nSPS) is 27.7. The van der Waals surface area contributed by atoms with Crippen LogP contribution in [0.1, 0.15) is 13.8 Å². The minimum absolute atomic E-state index is 0.0849. The summed E-state index contributed by atoms with van der Waals surface area (Å²) in [5.41, 5.74) is 0.235. The van der Waals surface area contributed by atoms with Crippen LogP contribution in [0.25, 0.3) is 0 Å². The van der Waals surface area contributed by atoms with Crippen LogP contribution < -0.4 is 5.32 Å². The largest absolute Gasteiger partial charge is 0.376 e. The van der Waals surface area contributed by atoms with Gasteiger partial charge in [0.05, 0.1) is 24.9 Å². The second-order valence-electron chi connectivity index (χ2n) is 5.68. The minimum atomic E-state index is -4.01. The van der Waals surface area contributed by atoms with Crippen LogP contribution in [0.2, 0.25) is 0 Å². The van der Waals surface area contributed by atoms with Crippen molar-refractivity contribution in [3.05, 3.63) is 24.0 Å². The maximum Gasteiger partial charge on any atom is 0.289 e. The van der Waals surface area contributed by atoms with E-state index in [2.05, 4.69) is 14.6 Å². The van der Waals surface area contributed by atoms with Gasteiger partial charge in [0.2, 0.25) is 0 Å². The van der Waals surface area contributed by atoms with E-state index in [-0.39, 0.29) is 22.7 Å². The van der Waals surface area contributed by atoms with Gasteiger partial charge in [0, 0.05) is 12.6 Å². The Balaban J connectivity index is 1.87. The molecule has 8 heteroatoms. The van der Waals surface area contributed by atoms with E-state index in [4.69, 9.17) is 4.74 Å². The Morgan fingerprint density at radius 1 is 1.45 bits per heavy atom. The molecule has 0 aromatic heterocycles. The van der Waals surface area contributed by atoms with Gasteiger partial charge in [0.1, 0.15) is 16.5 Å². The molecular formula is C14H18FN3O3S. The third-order valence-corrected chi connectivity index (χ3v) is 5.22. The van der Waals surface area contributed by atoms with E-state index in [1.165, 1.54) is 12.1 Å². The van der Waals surface area contributed by atoms with Crippen molar-refractivity contribution < 1.29 is 17.5 Å². The molecule has 0 aliphatic carbocycles. The summed E-state index contributed by atoms with van der Waals surface area (Å²) in [6.07, 6.45) is 0.0849. The van der Waals surface area contributed by atoms with E-state index in [9.17, 15) is 12.8 Å². The lowest BCUT2D eigenvalue weighted by molar-refractivity contribution is -0.0431. The van der Waals surface area contributed by atoms with Crippen LogP contribution in [0.5, 0.6) is 0 Å². The molecule has 0 radical (unpaired) electrons. The zero-order valence-corrected chi connectivity index (χ0v) is 13.2. The molecule has 2 aliphatic heterocycles. The van der Waals surface area contributed by atoms with Gasteiger partial charge in [-0.25, -0.2) is 4.39 Å². The summed E-state index contributed by atoms with van der Waals surface area (Å²) in [6, 6.07) is 4.29. The smallest absolute Gasteiger partial charge is 0.289 e. The monoisotopic (exact) mass is 327 g/mol. The number of hydrogen-bond donors (Lipinski definition) is 1. The maximum atomic E-state index is 13.8. The quantitative estimate of drug-likeness (QED) is 0.890. The molecule has 1 aromatic rings. The molecule has 0 spiro atoms. The van der Waals surface area contributed by atoms with Crippen molar-refractivity contribution in [3.8, 4) is 0 Å². The summed E-state index contributed by atoms with van der Waals surface area (Å²) in [7, 11) is -4.01. The van der Waals surface area contributed by atoms with Crippen molar-refractivity contribution in [1.82, 2.24) is 4.90 Å². The van der Waals surface area contributed by atoms with Crippen molar-refractivity contribution in [2.24, 2.45) is 4.40 Å². The first kappa shape index (κ1) is 15.4. The van der Waals surface area contributed by atoms with Gasteiger partial charge < -0.3 is 10.1 Å². The number of nitrogens with zero attached hydrogens (tertiary/aromatic N) is 2. The van der Waals surface area contributed by atoms with E-state index in [0.29, 0.717) is 25.5 Å². The second-order valence-corrected chi connectivity index (χ2v) is 7.22. The fourth-order valence-corrected chi connectivity index (χ4v) is 3.89. The fraction of sp³-hybridized carbons (Fsp3) is 0.500. The lowest BCUT2D eigenvalue weighted by Gasteiger charge is -2.37. The number of fused-ring (bicyclic) bond motifs is 1. The SMILES string of the molecule is CC1CN(CC2=NS(=O)(=O)c3c(F)cccc3N2)C(C)CO1. The molecule has 2 aliphatic rings. The number of hydrogen-bond acceptors (Lipinski definition) is 5. The van der Waals surface area contributed by atoms with Crippen LogP contribution in [0, 0.1) is 5.82 Å². The van der Waals surface area contributed by atoms with Crippen LogP contribution >= 0.6 is 0 Å². The highest BCUT2D eigenvalue weighted by molar-refractivity contribution is 7.90. The number of morpholine rings is 1. The molecule has 1 aromatic carbocycles. The Bertz CT molecular complexity index is 720. The molecule has 2 atom stereocenters. The van der Waals surface area contributed by atoms with Crippen LogP contribution in [0.3, 0.4) is 0 Å². The highest BCUT2D eigenvalue weighted by Gasteiger charge is 2.31. The number of sulfonamides is 1. The second kappa shape index (κ2) is 5.60.